The van der Waals surface area contributed by atoms with Crippen LogP contribution < -0.4 is 15.2 Å². The lowest BCUT2D eigenvalue weighted by molar-refractivity contribution is -0.0712. The van der Waals surface area contributed by atoms with Gasteiger partial charge in [-0.15, -0.1) is 0 Å². The normalized spacial score (nSPS) is 22.4. The standard InChI is InChI=1S/C30H31ClFN5O5/c1-17-26(28-34-29(38)42-35-28)37(15-20-10-13-39-20)25(33-17)16-36-11-8-18(9-12-36)21-4-3-5-24-27(21)41-30(2,40-24)22-7-6-19(31)14-23(22)32/h3-7,14,18,20H,8-13,15-16H2,1-2H3,(H,34,35,38)/t20-,30-/m0/s1. The van der Waals surface area contributed by atoms with E-state index in [1.54, 1.807) is 19.1 Å². The largest absolute Gasteiger partial charge is 0.460 e. The molecule has 7 rings (SSSR count). The van der Waals surface area contributed by atoms with Gasteiger partial charge in [0.1, 0.15) is 17.3 Å². The van der Waals surface area contributed by atoms with Crippen LogP contribution in [0.2, 0.25) is 5.02 Å². The maximum atomic E-state index is 14.8. The molecule has 2 aromatic heterocycles. The van der Waals surface area contributed by atoms with Gasteiger partial charge in [-0.05, 0) is 69.5 Å². The van der Waals surface area contributed by atoms with Crippen LogP contribution >= 0.6 is 11.6 Å². The van der Waals surface area contributed by atoms with E-state index in [0.717, 1.165) is 61.7 Å². The number of piperidine rings is 1. The van der Waals surface area contributed by atoms with Crippen LogP contribution in [0.1, 0.15) is 54.7 Å². The van der Waals surface area contributed by atoms with E-state index in [4.69, 9.17) is 35.3 Å². The van der Waals surface area contributed by atoms with Gasteiger partial charge in [0.05, 0.1) is 30.5 Å². The summed E-state index contributed by atoms with van der Waals surface area (Å²) in [5.41, 5.74) is 2.90. The summed E-state index contributed by atoms with van der Waals surface area (Å²) in [7, 11) is 0. The summed E-state index contributed by atoms with van der Waals surface area (Å²) >= 11 is 5.97. The minimum atomic E-state index is -1.28. The number of likely N-dealkylation sites (tertiary alicyclic amines) is 1. The third-order valence-electron chi connectivity index (χ3n) is 8.49. The first kappa shape index (κ1) is 27.2. The minimum absolute atomic E-state index is 0.106. The van der Waals surface area contributed by atoms with Crippen molar-refractivity contribution in [2.45, 2.75) is 64.0 Å². The summed E-state index contributed by atoms with van der Waals surface area (Å²) in [5.74, 6) is 0.408. The van der Waals surface area contributed by atoms with Gasteiger partial charge in [0, 0.05) is 24.1 Å². The third-order valence-corrected chi connectivity index (χ3v) is 8.72. The summed E-state index contributed by atoms with van der Waals surface area (Å²) in [4.78, 5) is 22.9. The highest BCUT2D eigenvalue weighted by molar-refractivity contribution is 6.30. The van der Waals surface area contributed by atoms with E-state index in [2.05, 4.69) is 25.7 Å². The molecule has 0 unspecified atom stereocenters. The number of imidazole rings is 1. The van der Waals surface area contributed by atoms with Crippen molar-refractivity contribution in [3.63, 3.8) is 0 Å². The smallest absolute Gasteiger partial charge is 0.444 e. The first-order valence-electron chi connectivity index (χ1n) is 14.2. The second kappa shape index (κ2) is 10.6. The van der Waals surface area contributed by atoms with Crippen LogP contribution in [0.15, 0.2) is 45.7 Å². The van der Waals surface area contributed by atoms with Crippen LogP contribution in [0.5, 0.6) is 11.5 Å². The van der Waals surface area contributed by atoms with Gasteiger partial charge in [-0.1, -0.05) is 23.7 Å². The van der Waals surface area contributed by atoms with Crippen molar-refractivity contribution in [1.82, 2.24) is 24.6 Å². The summed E-state index contributed by atoms with van der Waals surface area (Å²) in [6.45, 7) is 7.41. The van der Waals surface area contributed by atoms with Gasteiger partial charge in [-0.2, -0.15) is 10.1 Å². The fourth-order valence-corrected chi connectivity index (χ4v) is 6.41. The molecule has 4 aromatic rings. The fourth-order valence-electron chi connectivity index (χ4n) is 6.25. The number of aryl methyl sites for hydroxylation is 1. The number of aromatic amines is 1. The van der Waals surface area contributed by atoms with E-state index in [1.807, 2.05) is 19.1 Å². The lowest BCUT2D eigenvalue weighted by atomic mass is 9.88. The Morgan fingerprint density at radius 2 is 1.95 bits per heavy atom. The van der Waals surface area contributed by atoms with Gasteiger partial charge in [0.25, 0.3) is 5.79 Å². The number of para-hydroxylation sites is 1. The van der Waals surface area contributed by atoms with E-state index >= 15 is 0 Å². The molecule has 0 bridgehead atoms. The minimum Gasteiger partial charge on any atom is -0.444 e. The van der Waals surface area contributed by atoms with Crippen molar-refractivity contribution < 1.29 is 23.1 Å². The first-order valence-corrected chi connectivity index (χ1v) is 14.6. The van der Waals surface area contributed by atoms with E-state index in [1.165, 1.54) is 6.07 Å². The quantitative estimate of drug-likeness (QED) is 0.313. The molecule has 1 N–H and O–H groups in total. The van der Waals surface area contributed by atoms with Gasteiger partial charge >= 0.3 is 5.76 Å². The van der Waals surface area contributed by atoms with Crippen LogP contribution in [0.25, 0.3) is 11.5 Å². The van der Waals surface area contributed by atoms with E-state index in [0.29, 0.717) is 41.0 Å². The van der Waals surface area contributed by atoms with Crippen molar-refractivity contribution in [2.24, 2.45) is 0 Å². The molecule has 42 heavy (non-hydrogen) atoms. The van der Waals surface area contributed by atoms with Crippen molar-refractivity contribution in [1.29, 1.82) is 0 Å². The highest BCUT2D eigenvalue weighted by Gasteiger charge is 2.43. The maximum Gasteiger partial charge on any atom is 0.460 e. The Morgan fingerprint density at radius 1 is 1.14 bits per heavy atom. The van der Waals surface area contributed by atoms with Crippen LogP contribution in [0, 0.1) is 12.7 Å². The number of H-pyrrole nitrogens is 1. The van der Waals surface area contributed by atoms with Gasteiger partial charge in [-0.3, -0.25) is 4.90 Å². The van der Waals surface area contributed by atoms with Gasteiger partial charge in [0.15, 0.2) is 17.3 Å². The molecule has 0 aliphatic carbocycles. The average molecular weight is 596 g/mol. The molecule has 2 fully saturated rings. The van der Waals surface area contributed by atoms with Gasteiger partial charge in [0.2, 0.25) is 0 Å². The van der Waals surface area contributed by atoms with Crippen LogP contribution in [0.4, 0.5) is 4.39 Å². The number of benzene rings is 2. The highest BCUT2D eigenvalue weighted by atomic mass is 35.5. The van der Waals surface area contributed by atoms with Crippen molar-refractivity contribution in [3.05, 3.63) is 80.4 Å². The maximum absolute atomic E-state index is 14.8. The molecular weight excluding hydrogens is 565 g/mol. The van der Waals surface area contributed by atoms with E-state index in [-0.39, 0.29) is 12.0 Å². The number of fused-ring (bicyclic) bond motifs is 1. The van der Waals surface area contributed by atoms with E-state index in [9.17, 15) is 9.18 Å². The van der Waals surface area contributed by atoms with E-state index < -0.39 is 17.4 Å². The second-order valence-electron chi connectivity index (χ2n) is 11.3. The molecule has 2 atom stereocenters. The highest BCUT2D eigenvalue weighted by Crippen LogP contribution is 2.50. The summed E-state index contributed by atoms with van der Waals surface area (Å²) in [5, 5.41) is 2.95. The monoisotopic (exact) mass is 595 g/mol. The summed E-state index contributed by atoms with van der Waals surface area (Å²) in [6, 6.07) is 10.4. The Morgan fingerprint density at radius 3 is 2.64 bits per heavy atom. The lowest BCUT2D eigenvalue weighted by Gasteiger charge is -2.33. The van der Waals surface area contributed by atoms with Crippen LogP contribution in [0.3, 0.4) is 0 Å². The van der Waals surface area contributed by atoms with Crippen LogP contribution in [-0.2, 0) is 23.6 Å². The van der Waals surface area contributed by atoms with Gasteiger partial charge < -0.3 is 23.3 Å². The number of halogens is 2. The zero-order valence-electron chi connectivity index (χ0n) is 23.4. The lowest BCUT2D eigenvalue weighted by Crippen LogP contribution is -2.35. The summed E-state index contributed by atoms with van der Waals surface area (Å²) < 4.78 is 40.0. The molecule has 12 heteroatoms. The Kier molecular flexibility index (Phi) is 6.83. The third kappa shape index (κ3) is 4.89. The molecule has 2 aromatic carbocycles. The molecule has 2 saturated heterocycles. The van der Waals surface area contributed by atoms with Crippen LogP contribution in [-0.4, -0.2) is 50.4 Å². The molecule has 5 heterocycles. The topological polar surface area (TPSA) is 108 Å². The Bertz CT molecular complexity index is 1690. The number of rotatable bonds is 7. The predicted octanol–water partition coefficient (Wildman–Crippen LogP) is 5.14. The molecule has 0 amide bonds. The number of nitrogens with one attached hydrogen (secondary N) is 1. The molecule has 0 spiro atoms. The zero-order valence-corrected chi connectivity index (χ0v) is 24.1. The zero-order chi connectivity index (χ0) is 29.0. The number of aromatic nitrogens is 4. The number of ether oxygens (including phenoxy) is 3. The predicted molar refractivity (Wildman–Crippen MR) is 151 cm³/mol. The van der Waals surface area contributed by atoms with Crippen molar-refractivity contribution >= 4 is 11.6 Å². The Hall–Kier alpha value is -3.67. The number of hydrogen-bond acceptors (Lipinski definition) is 8. The second-order valence-corrected chi connectivity index (χ2v) is 11.7. The molecular formula is C30H31ClFN5O5. The van der Waals surface area contributed by atoms with Crippen molar-refractivity contribution in [2.75, 3.05) is 19.7 Å². The average Bonchev–Trinajstić information content (AvgIpc) is 3.60. The fraction of sp³-hybridized carbons (Fsp3) is 0.433. The SMILES string of the molecule is Cc1nc(CN2CCC(c3cccc4c3O[C@@](C)(c3ccc(Cl)cc3F)O4)CC2)n(C[C@@H]2CCO2)c1-c1nc(=O)o[nH]1. The number of nitrogens with zero attached hydrogens (tertiary/aromatic N) is 4. The molecule has 10 nitrogen and oxygen atoms in total. The first-order chi connectivity index (χ1) is 20.3. The van der Waals surface area contributed by atoms with Crippen molar-refractivity contribution in [3.8, 4) is 23.0 Å². The Balaban J connectivity index is 1.07. The Labute approximate surface area is 246 Å². The molecule has 220 valence electrons. The van der Waals surface area contributed by atoms with Gasteiger partial charge in [-0.25, -0.2) is 14.2 Å². The molecule has 0 radical (unpaired) electrons. The molecule has 3 aliphatic rings. The number of hydrogen-bond donors (Lipinski definition) is 1. The molecule has 3 aliphatic heterocycles. The summed E-state index contributed by atoms with van der Waals surface area (Å²) in [6.07, 6.45) is 2.92. The molecule has 0 saturated carbocycles.